The summed E-state index contributed by atoms with van der Waals surface area (Å²) >= 11 is 0. The SMILES string of the molecule is CCCCCCCCCCCCCCCCCCCCCCCCCCCCCCC(=O)OC(CO)COC(=O)CCCCCCCCCCCCCCCCCCCC. The minimum absolute atomic E-state index is 0.0559. The van der Waals surface area contributed by atoms with Gasteiger partial charge < -0.3 is 14.6 Å². The quantitative estimate of drug-likeness (QED) is 0.0488. The summed E-state index contributed by atoms with van der Waals surface area (Å²) in [6, 6.07) is 0. The van der Waals surface area contributed by atoms with E-state index in [1.165, 1.54) is 263 Å². The number of aliphatic hydroxyl groups is 1. The minimum atomic E-state index is -0.763. The van der Waals surface area contributed by atoms with Crippen molar-refractivity contribution in [1.82, 2.24) is 0 Å². The largest absolute Gasteiger partial charge is 0.462 e. The molecular weight excluding hydrogens is 741 g/mol. The van der Waals surface area contributed by atoms with Gasteiger partial charge in [0.15, 0.2) is 6.10 Å². The molecule has 60 heavy (non-hydrogen) atoms. The van der Waals surface area contributed by atoms with Gasteiger partial charge in [-0.05, 0) is 12.8 Å². The summed E-state index contributed by atoms with van der Waals surface area (Å²) < 4.78 is 10.7. The Morgan fingerprint density at radius 2 is 0.517 bits per heavy atom. The van der Waals surface area contributed by atoms with Crippen molar-refractivity contribution >= 4 is 11.9 Å². The molecule has 0 aliphatic heterocycles. The Morgan fingerprint density at radius 1 is 0.317 bits per heavy atom. The molecule has 0 aliphatic carbocycles. The molecule has 0 heterocycles. The van der Waals surface area contributed by atoms with Gasteiger partial charge in [0.2, 0.25) is 0 Å². The first-order valence-corrected chi connectivity index (χ1v) is 27.6. The number of rotatable bonds is 52. The van der Waals surface area contributed by atoms with Gasteiger partial charge in [-0.15, -0.1) is 0 Å². The van der Waals surface area contributed by atoms with Crippen molar-refractivity contribution in [2.75, 3.05) is 13.2 Å². The third kappa shape index (κ3) is 49.6. The fourth-order valence-corrected chi connectivity index (χ4v) is 8.74. The van der Waals surface area contributed by atoms with Crippen molar-refractivity contribution in [3.8, 4) is 0 Å². The summed E-state index contributed by atoms with van der Waals surface area (Å²) in [4.78, 5) is 24.5. The topological polar surface area (TPSA) is 72.8 Å². The number of aliphatic hydroxyl groups excluding tert-OH is 1. The Balaban J connectivity index is 3.39. The van der Waals surface area contributed by atoms with Crippen molar-refractivity contribution in [2.45, 2.75) is 328 Å². The molecule has 5 heteroatoms. The van der Waals surface area contributed by atoms with Crippen molar-refractivity contribution in [3.63, 3.8) is 0 Å². The van der Waals surface area contributed by atoms with E-state index in [0.29, 0.717) is 12.8 Å². The minimum Gasteiger partial charge on any atom is -0.462 e. The zero-order chi connectivity index (χ0) is 43.5. The maximum Gasteiger partial charge on any atom is 0.306 e. The maximum absolute atomic E-state index is 12.3. The number of hydrogen-bond acceptors (Lipinski definition) is 5. The van der Waals surface area contributed by atoms with Gasteiger partial charge in [-0.2, -0.15) is 0 Å². The second kappa shape index (κ2) is 52.2. The molecule has 0 bridgehead atoms. The van der Waals surface area contributed by atoms with Gasteiger partial charge in [-0.3, -0.25) is 9.59 Å². The van der Waals surface area contributed by atoms with Gasteiger partial charge in [0, 0.05) is 12.8 Å². The van der Waals surface area contributed by atoms with Crippen LogP contribution >= 0.6 is 0 Å². The van der Waals surface area contributed by atoms with E-state index in [0.717, 1.165) is 32.1 Å². The van der Waals surface area contributed by atoms with E-state index in [1.54, 1.807) is 0 Å². The first-order chi connectivity index (χ1) is 29.6. The first kappa shape index (κ1) is 58.9. The van der Waals surface area contributed by atoms with Crippen molar-refractivity contribution in [3.05, 3.63) is 0 Å². The van der Waals surface area contributed by atoms with E-state index in [-0.39, 0.29) is 25.2 Å². The van der Waals surface area contributed by atoms with Crippen LogP contribution in [0.1, 0.15) is 322 Å². The third-order valence-corrected chi connectivity index (χ3v) is 12.9. The molecule has 0 saturated heterocycles. The van der Waals surface area contributed by atoms with E-state index in [4.69, 9.17) is 9.47 Å². The zero-order valence-corrected chi connectivity index (χ0v) is 41.0. The smallest absolute Gasteiger partial charge is 0.306 e. The Morgan fingerprint density at radius 3 is 0.733 bits per heavy atom. The molecule has 358 valence electrons. The van der Waals surface area contributed by atoms with Gasteiger partial charge in [-0.1, -0.05) is 296 Å². The molecule has 5 nitrogen and oxygen atoms in total. The lowest BCUT2D eigenvalue weighted by atomic mass is 10.0. The number of carbonyl (C=O) groups excluding carboxylic acids is 2. The summed E-state index contributed by atoms with van der Waals surface area (Å²) in [5.74, 6) is -0.565. The molecule has 0 aromatic heterocycles. The summed E-state index contributed by atoms with van der Waals surface area (Å²) in [5.41, 5.74) is 0. The Hall–Kier alpha value is -1.10. The predicted molar refractivity (Wildman–Crippen MR) is 261 cm³/mol. The molecule has 0 aliphatic rings. The fraction of sp³-hybridized carbons (Fsp3) is 0.964. The number of unbranched alkanes of at least 4 members (excludes halogenated alkanes) is 44. The lowest BCUT2D eigenvalue weighted by molar-refractivity contribution is -0.161. The Labute approximate surface area is 376 Å². The Kier molecular flexibility index (Phi) is 51.3. The first-order valence-electron chi connectivity index (χ1n) is 27.6. The van der Waals surface area contributed by atoms with Crippen LogP contribution in [-0.2, 0) is 19.1 Å². The Bertz CT molecular complexity index is 830. The molecule has 0 radical (unpaired) electrons. The van der Waals surface area contributed by atoms with Crippen LogP contribution in [0.4, 0.5) is 0 Å². The van der Waals surface area contributed by atoms with Crippen LogP contribution in [0.5, 0.6) is 0 Å². The highest BCUT2D eigenvalue weighted by atomic mass is 16.6. The lowest BCUT2D eigenvalue weighted by Gasteiger charge is -2.15. The molecule has 0 aromatic rings. The van der Waals surface area contributed by atoms with E-state index < -0.39 is 6.10 Å². The van der Waals surface area contributed by atoms with E-state index >= 15 is 0 Å². The number of carbonyl (C=O) groups is 2. The molecular formula is C55H108O5. The van der Waals surface area contributed by atoms with Crippen LogP contribution in [0.3, 0.4) is 0 Å². The zero-order valence-electron chi connectivity index (χ0n) is 41.0. The highest BCUT2D eigenvalue weighted by Gasteiger charge is 2.16. The van der Waals surface area contributed by atoms with Gasteiger partial charge in [0.05, 0.1) is 6.61 Å². The van der Waals surface area contributed by atoms with Crippen molar-refractivity contribution in [2.24, 2.45) is 0 Å². The predicted octanol–water partition coefficient (Wildman–Crippen LogP) is 18.2. The summed E-state index contributed by atoms with van der Waals surface area (Å²) in [7, 11) is 0. The average molecular weight is 849 g/mol. The average Bonchev–Trinajstić information content (AvgIpc) is 3.25. The van der Waals surface area contributed by atoms with Crippen LogP contribution in [0.25, 0.3) is 0 Å². The van der Waals surface area contributed by atoms with E-state index in [9.17, 15) is 14.7 Å². The van der Waals surface area contributed by atoms with Crippen molar-refractivity contribution < 1.29 is 24.2 Å². The molecule has 0 rings (SSSR count). The monoisotopic (exact) mass is 849 g/mol. The molecule has 0 saturated carbocycles. The third-order valence-electron chi connectivity index (χ3n) is 12.9. The highest BCUT2D eigenvalue weighted by molar-refractivity contribution is 5.70. The van der Waals surface area contributed by atoms with E-state index in [2.05, 4.69) is 13.8 Å². The molecule has 0 spiro atoms. The van der Waals surface area contributed by atoms with E-state index in [1.807, 2.05) is 0 Å². The molecule has 0 fully saturated rings. The number of ether oxygens (including phenoxy) is 2. The summed E-state index contributed by atoms with van der Waals surface area (Å²) in [5, 5.41) is 9.64. The molecule has 1 N–H and O–H groups in total. The van der Waals surface area contributed by atoms with Crippen LogP contribution in [0, 0.1) is 0 Å². The van der Waals surface area contributed by atoms with Gasteiger partial charge in [0.1, 0.15) is 6.61 Å². The van der Waals surface area contributed by atoms with Crippen LogP contribution in [0.2, 0.25) is 0 Å². The maximum atomic E-state index is 12.3. The summed E-state index contributed by atoms with van der Waals surface area (Å²) in [6.45, 7) is 4.20. The molecule has 0 amide bonds. The van der Waals surface area contributed by atoms with Crippen LogP contribution in [-0.4, -0.2) is 36.4 Å². The lowest BCUT2D eigenvalue weighted by Crippen LogP contribution is -2.28. The van der Waals surface area contributed by atoms with Gasteiger partial charge >= 0.3 is 11.9 Å². The number of esters is 2. The summed E-state index contributed by atoms with van der Waals surface area (Å²) in [6.07, 6.45) is 62.2. The van der Waals surface area contributed by atoms with Gasteiger partial charge in [0.25, 0.3) is 0 Å². The van der Waals surface area contributed by atoms with Gasteiger partial charge in [-0.25, -0.2) is 0 Å². The second-order valence-electron chi connectivity index (χ2n) is 19.0. The van der Waals surface area contributed by atoms with Crippen LogP contribution in [0.15, 0.2) is 0 Å². The molecule has 1 atom stereocenters. The van der Waals surface area contributed by atoms with Crippen molar-refractivity contribution in [1.29, 1.82) is 0 Å². The van der Waals surface area contributed by atoms with Crippen LogP contribution < -0.4 is 0 Å². The standard InChI is InChI=1S/C55H108O5/c1-3-5-7-9-11-13-15-17-19-21-23-24-25-26-27-28-29-30-31-32-34-36-38-40-42-44-46-48-50-55(58)60-53(51-56)52-59-54(57)49-47-45-43-41-39-37-35-33-22-20-18-16-14-12-10-8-6-4-2/h53,56H,3-52H2,1-2H3. The normalized spacial score (nSPS) is 12.0. The molecule has 1 unspecified atom stereocenters. The fourth-order valence-electron chi connectivity index (χ4n) is 8.74. The highest BCUT2D eigenvalue weighted by Crippen LogP contribution is 2.18. The number of hydrogen-bond donors (Lipinski definition) is 1. The second-order valence-corrected chi connectivity index (χ2v) is 19.0. The molecule has 0 aromatic carbocycles.